The number of thiazole rings is 1. The number of oxime groups is 1. The summed E-state index contributed by atoms with van der Waals surface area (Å²) in [4.78, 5) is 54.4. The number of aromatic nitrogens is 1. The smallest absolute Gasteiger partial charge is 0.352 e. The van der Waals surface area contributed by atoms with Crippen molar-refractivity contribution in [2.75, 3.05) is 18.1 Å². The summed E-state index contributed by atoms with van der Waals surface area (Å²) < 4.78 is 5.14. The molecule has 2 atom stereocenters. The molecule has 0 aliphatic carbocycles. The zero-order valence-corrected chi connectivity index (χ0v) is 19.6. The molecule has 36 heavy (non-hydrogen) atoms. The second-order valence-corrected chi connectivity index (χ2v) is 9.41. The maximum Gasteiger partial charge on any atom is 0.352 e. The molecule has 0 saturated carbocycles. The lowest BCUT2D eigenvalue weighted by atomic mass is 10.0. The Morgan fingerprint density at radius 1 is 1.28 bits per heavy atom. The number of hydrogen-bond acceptors (Lipinski definition) is 13. The van der Waals surface area contributed by atoms with Crippen molar-refractivity contribution >= 4 is 57.7 Å². The summed E-state index contributed by atoms with van der Waals surface area (Å²) in [6.07, 6.45) is 0. The van der Waals surface area contributed by atoms with Crippen molar-refractivity contribution in [3.05, 3.63) is 46.1 Å². The minimum Gasteiger partial charge on any atom is -0.504 e. The van der Waals surface area contributed by atoms with Crippen molar-refractivity contribution in [3.8, 4) is 11.5 Å². The van der Waals surface area contributed by atoms with Gasteiger partial charge < -0.3 is 36.3 Å². The van der Waals surface area contributed by atoms with Gasteiger partial charge in [-0.3, -0.25) is 14.5 Å². The van der Waals surface area contributed by atoms with Crippen molar-refractivity contribution in [3.63, 3.8) is 0 Å². The van der Waals surface area contributed by atoms with E-state index in [1.54, 1.807) is 0 Å². The summed E-state index contributed by atoms with van der Waals surface area (Å²) in [6.45, 7) is -0.449. The molecule has 0 radical (unpaired) electrons. The van der Waals surface area contributed by atoms with Crippen LogP contribution in [0.4, 0.5) is 5.13 Å². The first-order valence-electron chi connectivity index (χ1n) is 9.95. The number of nitrogens with two attached hydrogens (primary N) is 1. The summed E-state index contributed by atoms with van der Waals surface area (Å²) in [5.74, 6) is -4.82. The lowest BCUT2D eigenvalue weighted by molar-refractivity contribution is -0.150. The van der Waals surface area contributed by atoms with E-state index in [4.69, 9.17) is 10.5 Å². The van der Waals surface area contributed by atoms with Gasteiger partial charge in [-0.2, -0.15) is 0 Å². The van der Waals surface area contributed by atoms with Gasteiger partial charge in [0.15, 0.2) is 22.3 Å². The minimum atomic E-state index is -1.43. The van der Waals surface area contributed by atoms with Crippen LogP contribution in [0.5, 0.6) is 11.5 Å². The van der Waals surface area contributed by atoms with Gasteiger partial charge in [0, 0.05) is 16.7 Å². The van der Waals surface area contributed by atoms with Crippen LogP contribution in [0.15, 0.2) is 40.0 Å². The predicted molar refractivity (Wildman–Crippen MR) is 125 cm³/mol. The highest BCUT2D eigenvalue weighted by Crippen LogP contribution is 2.40. The fraction of sp³-hybridized carbons (Fsp3) is 0.200. The number of ether oxygens (including phenoxy) is 1. The maximum absolute atomic E-state index is 12.8. The Morgan fingerprint density at radius 2 is 2.03 bits per heavy atom. The molecule has 1 aromatic heterocycles. The second kappa shape index (κ2) is 9.74. The number of amides is 2. The van der Waals surface area contributed by atoms with Gasteiger partial charge in [0.25, 0.3) is 11.8 Å². The summed E-state index contributed by atoms with van der Waals surface area (Å²) in [7, 11) is 0. The SMILES string of the molecule is Nc1nc(/C(=N/O)C(=O)NC2C(=O)N3C(C(=O)O)=C(COC(=O)c4ccc(O)c(O)c4)CSC23)cs1. The molecule has 2 aliphatic rings. The molecule has 1 aromatic carbocycles. The summed E-state index contributed by atoms with van der Waals surface area (Å²) in [6, 6.07) is 2.20. The van der Waals surface area contributed by atoms with Gasteiger partial charge >= 0.3 is 11.9 Å². The largest absolute Gasteiger partial charge is 0.504 e. The van der Waals surface area contributed by atoms with E-state index < -0.39 is 59.0 Å². The highest BCUT2D eigenvalue weighted by atomic mass is 32.2. The number of esters is 1. The Hall–Kier alpha value is -4.31. The Balaban J connectivity index is 1.46. The van der Waals surface area contributed by atoms with Crippen LogP contribution in [0.25, 0.3) is 0 Å². The second-order valence-electron chi connectivity index (χ2n) is 7.42. The van der Waals surface area contributed by atoms with Crippen LogP contribution in [0.1, 0.15) is 16.1 Å². The molecule has 4 rings (SSSR count). The quantitative estimate of drug-likeness (QED) is 0.0683. The maximum atomic E-state index is 12.8. The molecule has 2 amide bonds. The number of benzene rings is 1. The molecule has 1 fully saturated rings. The predicted octanol–water partition coefficient (Wildman–Crippen LogP) is -0.0896. The number of β-lactam (4-membered cyclic amide) rings is 1. The monoisotopic (exact) mass is 535 g/mol. The Labute approximate surface area is 209 Å². The van der Waals surface area contributed by atoms with E-state index in [-0.39, 0.29) is 33.4 Å². The summed E-state index contributed by atoms with van der Waals surface area (Å²) in [5, 5.41) is 43.9. The summed E-state index contributed by atoms with van der Waals surface area (Å²) >= 11 is 2.15. The van der Waals surface area contributed by atoms with E-state index in [0.717, 1.165) is 40.1 Å². The number of fused-ring (bicyclic) bond motifs is 1. The molecule has 0 spiro atoms. The van der Waals surface area contributed by atoms with E-state index in [1.807, 2.05) is 0 Å². The topological polar surface area (TPSA) is 225 Å². The molecule has 188 valence electrons. The molecular weight excluding hydrogens is 518 g/mol. The van der Waals surface area contributed by atoms with E-state index in [1.165, 1.54) is 11.4 Å². The van der Waals surface area contributed by atoms with Gasteiger partial charge in [0.2, 0.25) is 0 Å². The van der Waals surface area contributed by atoms with Crippen LogP contribution < -0.4 is 11.1 Å². The van der Waals surface area contributed by atoms with Crippen molar-refractivity contribution in [1.82, 2.24) is 15.2 Å². The van der Waals surface area contributed by atoms with Gasteiger partial charge in [-0.15, -0.1) is 23.1 Å². The number of carboxylic acid groups (broad SMARTS) is 1. The first kappa shape index (κ1) is 24.8. The van der Waals surface area contributed by atoms with Crippen LogP contribution in [0.3, 0.4) is 0 Å². The van der Waals surface area contributed by atoms with Gasteiger partial charge in [-0.05, 0) is 18.2 Å². The van der Waals surface area contributed by atoms with E-state index in [0.29, 0.717) is 0 Å². The first-order chi connectivity index (χ1) is 17.1. The fourth-order valence-corrected chi connectivity index (χ4v) is 5.37. The van der Waals surface area contributed by atoms with Crippen molar-refractivity contribution in [1.29, 1.82) is 0 Å². The van der Waals surface area contributed by atoms with Gasteiger partial charge in [-0.1, -0.05) is 5.16 Å². The fourth-order valence-electron chi connectivity index (χ4n) is 3.50. The average molecular weight is 536 g/mol. The Kier molecular flexibility index (Phi) is 6.71. The molecule has 16 heteroatoms. The average Bonchev–Trinajstić information content (AvgIpc) is 3.27. The number of anilines is 1. The normalized spacial score (nSPS) is 19.4. The molecule has 7 N–H and O–H groups in total. The van der Waals surface area contributed by atoms with E-state index >= 15 is 0 Å². The Bertz CT molecular complexity index is 1340. The summed E-state index contributed by atoms with van der Waals surface area (Å²) in [5.41, 5.74) is 4.77. The number of carbonyl (C=O) groups excluding carboxylic acids is 3. The number of aromatic hydroxyl groups is 2. The lowest BCUT2D eigenvalue weighted by Crippen LogP contribution is -2.71. The van der Waals surface area contributed by atoms with Gasteiger partial charge in [0.05, 0.1) is 5.56 Å². The number of aliphatic carboxylic acids is 1. The number of nitrogens with zero attached hydrogens (tertiary/aromatic N) is 3. The molecule has 3 heterocycles. The molecular formula is C20H17N5O9S2. The molecule has 2 unspecified atom stereocenters. The van der Waals surface area contributed by atoms with Crippen LogP contribution in [-0.2, 0) is 19.1 Å². The highest BCUT2D eigenvalue weighted by molar-refractivity contribution is 8.00. The lowest BCUT2D eigenvalue weighted by Gasteiger charge is -2.49. The third kappa shape index (κ3) is 4.50. The third-order valence-corrected chi connectivity index (χ3v) is 7.22. The Morgan fingerprint density at radius 3 is 2.64 bits per heavy atom. The number of thioether (sulfide) groups is 1. The van der Waals surface area contributed by atoms with Crippen LogP contribution in [-0.4, -0.2) is 83.7 Å². The molecule has 0 bridgehead atoms. The van der Waals surface area contributed by atoms with Crippen molar-refractivity contribution < 1.29 is 44.4 Å². The number of carbonyl (C=O) groups is 4. The molecule has 2 aliphatic heterocycles. The number of phenolic OH excluding ortho intramolecular Hbond substituents is 2. The van der Waals surface area contributed by atoms with Crippen molar-refractivity contribution in [2.24, 2.45) is 5.16 Å². The standard InChI is InChI=1S/C20H17N5O9S2/c21-20-22-9(6-36-20)12(24-33)15(28)23-13-16(29)25-14(18(30)31)8(5-35-17(13)25)4-34-19(32)7-1-2-10(26)11(27)3-7/h1-3,6,13,17,26-27,33H,4-5H2,(H2,21,22)(H,23,28)(H,30,31)/b24-12-. The zero-order chi connectivity index (χ0) is 26.1. The van der Waals surface area contributed by atoms with Crippen molar-refractivity contribution in [2.45, 2.75) is 11.4 Å². The van der Waals surface area contributed by atoms with Crippen LogP contribution in [0.2, 0.25) is 0 Å². The van der Waals surface area contributed by atoms with E-state index in [9.17, 15) is 39.7 Å². The molecule has 2 aromatic rings. The number of nitrogens with one attached hydrogen (secondary N) is 1. The number of carboxylic acids is 1. The van der Waals surface area contributed by atoms with Gasteiger partial charge in [-0.25, -0.2) is 14.6 Å². The first-order valence-corrected chi connectivity index (χ1v) is 11.9. The number of rotatable bonds is 7. The van der Waals surface area contributed by atoms with Crippen LogP contribution in [0, 0.1) is 0 Å². The van der Waals surface area contributed by atoms with E-state index in [2.05, 4.69) is 15.5 Å². The zero-order valence-electron chi connectivity index (χ0n) is 17.9. The number of nitrogen functional groups attached to an aromatic ring is 1. The minimum absolute atomic E-state index is 0.00889. The van der Waals surface area contributed by atoms with Crippen LogP contribution >= 0.6 is 23.1 Å². The molecule has 1 saturated heterocycles. The number of phenols is 2. The third-order valence-electron chi connectivity index (χ3n) is 5.20. The molecule has 14 nitrogen and oxygen atoms in total. The highest BCUT2D eigenvalue weighted by Gasteiger charge is 2.54. The van der Waals surface area contributed by atoms with Gasteiger partial charge in [0.1, 0.15) is 29.4 Å². The number of hydrogen-bond donors (Lipinski definition) is 6.